The molecule has 1 aromatic rings. The van der Waals surface area contributed by atoms with Gasteiger partial charge in [0.25, 0.3) is 0 Å². The second kappa shape index (κ2) is 12.3. The summed E-state index contributed by atoms with van der Waals surface area (Å²) in [5.74, 6) is 1.50. The molecule has 1 fully saturated rings. The van der Waals surface area contributed by atoms with Gasteiger partial charge in [0.1, 0.15) is 5.82 Å². The summed E-state index contributed by atoms with van der Waals surface area (Å²) in [4.78, 5) is 23.4. The zero-order valence-corrected chi connectivity index (χ0v) is 21.3. The highest BCUT2D eigenvalue weighted by Gasteiger charge is 2.23. The van der Waals surface area contributed by atoms with Gasteiger partial charge >= 0.3 is 0 Å². The van der Waals surface area contributed by atoms with Crippen LogP contribution in [0.2, 0.25) is 0 Å². The summed E-state index contributed by atoms with van der Waals surface area (Å²) >= 11 is 0. The van der Waals surface area contributed by atoms with Gasteiger partial charge in [-0.3, -0.25) is 4.79 Å². The van der Waals surface area contributed by atoms with Crippen molar-refractivity contribution in [2.24, 2.45) is 4.99 Å². The topological polar surface area (TPSA) is 90.9 Å². The number of ether oxygens (including phenoxy) is 1. The van der Waals surface area contributed by atoms with Crippen LogP contribution in [-0.4, -0.2) is 60.8 Å². The number of guanidine groups is 1. The molecule has 2 atom stereocenters. The van der Waals surface area contributed by atoms with Gasteiger partial charge in [-0.2, -0.15) is 0 Å². The summed E-state index contributed by atoms with van der Waals surface area (Å²) < 4.78 is 5.79. The lowest BCUT2D eigenvalue weighted by atomic mass is 10.1. The average molecular weight is 532 g/mol. The molecule has 2 heterocycles. The van der Waals surface area contributed by atoms with E-state index in [0.717, 1.165) is 31.0 Å². The smallest absolute Gasteiger partial charge is 0.239 e. The van der Waals surface area contributed by atoms with E-state index in [1.165, 1.54) is 0 Å². The lowest BCUT2D eigenvalue weighted by Crippen LogP contribution is -2.48. The molecule has 0 radical (unpaired) electrons. The van der Waals surface area contributed by atoms with E-state index in [-0.39, 0.29) is 54.2 Å². The number of hydrogen-bond donors (Lipinski definition) is 3. The van der Waals surface area contributed by atoms with Gasteiger partial charge in [-0.15, -0.1) is 24.0 Å². The number of anilines is 1. The molecule has 3 N–H and O–H groups in total. The van der Waals surface area contributed by atoms with E-state index in [9.17, 15) is 4.79 Å². The van der Waals surface area contributed by atoms with E-state index in [0.29, 0.717) is 12.5 Å². The Morgan fingerprint density at radius 3 is 2.43 bits per heavy atom. The van der Waals surface area contributed by atoms with Gasteiger partial charge in [0.05, 0.1) is 25.3 Å². The number of hydrogen-bond acceptors (Lipinski definition) is 5. The molecule has 9 heteroatoms. The van der Waals surface area contributed by atoms with Gasteiger partial charge < -0.3 is 25.6 Å². The highest BCUT2D eigenvalue weighted by Crippen LogP contribution is 2.18. The third-order valence-electron chi connectivity index (χ3n) is 4.25. The maximum absolute atomic E-state index is 12.0. The van der Waals surface area contributed by atoms with Gasteiger partial charge in [-0.1, -0.05) is 6.07 Å². The predicted molar refractivity (Wildman–Crippen MR) is 133 cm³/mol. The summed E-state index contributed by atoms with van der Waals surface area (Å²) in [6, 6.07) is 4.08. The van der Waals surface area contributed by atoms with Crippen molar-refractivity contribution in [1.29, 1.82) is 0 Å². The molecule has 1 amide bonds. The van der Waals surface area contributed by atoms with Gasteiger partial charge in [0, 0.05) is 31.4 Å². The Kier molecular flexibility index (Phi) is 10.8. The molecule has 0 aliphatic carbocycles. The number of carbonyl (C=O) groups excluding carboxylic acids is 1. The molecule has 0 spiro atoms. The Morgan fingerprint density at radius 1 is 1.23 bits per heavy atom. The number of pyridine rings is 1. The normalized spacial score (nSPS) is 19.7. The zero-order chi connectivity index (χ0) is 21.4. The highest BCUT2D eigenvalue weighted by molar-refractivity contribution is 14.0. The van der Waals surface area contributed by atoms with Crippen LogP contribution in [0.5, 0.6) is 0 Å². The van der Waals surface area contributed by atoms with Crippen LogP contribution < -0.4 is 20.9 Å². The molecule has 0 bridgehead atoms. The van der Waals surface area contributed by atoms with Crippen molar-refractivity contribution >= 4 is 41.7 Å². The first kappa shape index (κ1) is 26.4. The van der Waals surface area contributed by atoms with E-state index in [1.807, 2.05) is 46.0 Å². The average Bonchev–Trinajstić information content (AvgIpc) is 2.62. The molecule has 1 saturated heterocycles. The number of aliphatic imine (C=N–C) groups is 1. The van der Waals surface area contributed by atoms with E-state index in [2.05, 4.69) is 44.7 Å². The molecular formula is C21H37IN6O2. The fourth-order valence-corrected chi connectivity index (χ4v) is 3.20. The molecule has 2 unspecified atom stereocenters. The number of carbonyl (C=O) groups is 1. The Labute approximate surface area is 197 Å². The van der Waals surface area contributed by atoms with Crippen LogP contribution in [0.15, 0.2) is 23.3 Å². The number of aromatic nitrogens is 1. The molecule has 30 heavy (non-hydrogen) atoms. The maximum atomic E-state index is 12.0. The summed E-state index contributed by atoms with van der Waals surface area (Å²) in [6.45, 7) is 15.1. The van der Waals surface area contributed by atoms with Crippen molar-refractivity contribution in [1.82, 2.24) is 20.9 Å². The van der Waals surface area contributed by atoms with Gasteiger partial charge in [0.15, 0.2) is 5.96 Å². The molecule has 1 aromatic heterocycles. The van der Waals surface area contributed by atoms with Crippen LogP contribution in [0, 0.1) is 0 Å². The second-order valence-corrected chi connectivity index (χ2v) is 8.53. The minimum atomic E-state index is -0.252. The lowest BCUT2D eigenvalue weighted by molar-refractivity contribution is -0.121. The monoisotopic (exact) mass is 532 g/mol. The highest BCUT2D eigenvalue weighted by atomic mass is 127. The minimum Gasteiger partial charge on any atom is -0.372 e. The number of morpholine rings is 1. The molecule has 0 aromatic carbocycles. The number of rotatable bonds is 6. The zero-order valence-electron chi connectivity index (χ0n) is 19.0. The minimum absolute atomic E-state index is 0. The molecular weight excluding hydrogens is 495 g/mol. The van der Waals surface area contributed by atoms with Crippen LogP contribution in [0.1, 0.15) is 47.1 Å². The molecule has 0 saturated carbocycles. The number of amides is 1. The first-order valence-corrected chi connectivity index (χ1v) is 10.3. The number of halogens is 1. The first-order chi connectivity index (χ1) is 13.7. The Balaban J connectivity index is 0.00000450. The van der Waals surface area contributed by atoms with E-state index in [4.69, 9.17) is 4.74 Å². The fourth-order valence-electron chi connectivity index (χ4n) is 3.20. The largest absolute Gasteiger partial charge is 0.372 e. The lowest BCUT2D eigenvalue weighted by Gasteiger charge is -2.36. The van der Waals surface area contributed by atoms with Crippen molar-refractivity contribution in [3.8, 4) is 0 Å². The second-order valence-electron chi connectivity index (χ2n) is 8.53. The summed E-state index contributed by atoms with van der Waals surface area (Å²) in [5.41, 5.74) is 0.761. The summed E-state index contributed by atoms with van der Waals surface area (Å²) in [7, 11) is 0. The summed E-state index contributed by atoms with van der Waals surface area (Å²) in [6.07, 6.45) is 2.27. The number of nitrogens with one attached hydrogen (secondary N) is 3. The summed E-state index contributed by atoms with van der Waals surface area (Å²) in [5, 5.41) is 9.16. The Morgan fingerprint density at radius 2 is 1.90 bits per heavy atom. The Bertz CT molecular complexity index is 680. The first-order valence-electron chi connectivity index (χ1n) is 10.3. The van der Waals surface area contributed by atoms with Crippen LogP contribution in [0.3, 0.4) is 0 Å². The van der Waals surface area contributed by atoms with E-state index < -0.39 is 0 Å². The van der Waals surface area contributed by atoms with Gasteiger partial charge in [-0.25, -0.2) is 9.98 Å². The van der Waals surface area contributed by atoms with Crippen LogP contribution in [-0.2, 0) is 16.1 Å². The molecule has 170 valence electrons. The Hall–Kier alpha value is -1.62. The van der Waals surface area contributed by atoms with E-state index in [1.54, 1.807) is 0 Å². The third kappa shape index (κ3) is 9.46. The SMILES string of the molecule is CCNC(=NCc1ccc(N2CC(C)OC(C)C2)nc1)NCC(=O)NC(C)(C)C.I. The van der Waals surface area contributed by atoms with Crippen molar-refractivity contribution < 1.29 is 9.53 Å². The quantitative estimate of drug-likeness (QED) is 0.296. The van der Waals surface area contributed by atoms with Crippen LogP contribution in [0.4, 0.5) is 5.82 Å². The van der Waals surface area contributed by atoms with Crippen molar-refractivity contribution in [3.63, 3.8) is 0 Å². The molecule has 8 nitrogen and oxygen atoms in total. The predicted octanol–water partition coefficient (Wildman–Crippen LogP) is 2.28. The molecule has 2 rings (SSSR count). The van der Waals surface area contributed by atoms with Crippen molar-refractivity contribution in [2.45, 2.75) is 65.8 Å². The standard InChI is InChI=1S/C21H36N6O2.HI/c1-7-22-20(25-12-19(28)26-21(4,5)6)24-11-17-8-9-18(23-10-17)27-13-15(2)29-16(3)14-27;/h8-10,15-16H,7,11-14H2,1-6H3,(H,26,28)(H2,22,24,25);1H. The van der Waals surface area contributed by atoms with Crippen LogP contribution in [0.25, 0.3) is 0 Å². The van der Waals surface area contributed by atoms with Gasteiger partial charge in [0.2, 0.25) is 5.91 Å². The van der Waals surface area contributed by atoms with Crippen LogP contribution >= 0.6 is 24.0 Å². The van der Waals surface area contributed by atoms with Gasteiger partial charge in [-0.05, 0) is 53.2 Å². The van der Waals surface area contributed by atoms with Crippen molar-refractivity contribution in [3.05, 3.63) is 23.9 Å². The molecule has 1 aliphatic heterocycles. The van der Waals surface area contributed by atoms with E-state index >= 15 is 0 Å². The maximum Gasteiger partial charge on any atom is 0.239 e. The third-order valence-corrected chi connectivity index (χ3v) is 4.25. The molecule has 1 aliphatic rings. The number of nitrogens with zero attached hydrogens (tertiary/aromatic N) is 3. The van der Waals surface area contributed by atoms with Crippen molar-refractivity contribution in [2.75, 3.05) is 31.1 Å². The fraction of sp³-hybridized carbons (Fsp3) is 0.667.